The zero-order valence-corrected chi connectivity index (χ0v) is 20.2. The number of rotatable bonds is 12. The Labute approximate surface area is 203 Å². The lowest BCUT2D eigenvalue weighted by atomic mass is 10.0. The number of esters is 3. The summed E-state index contributed by atoms with van der Waals surface area (Å²) in [5, 5.41) is 9.53. The number of carboxylic acids is 1. The molecule has 1 aliphatic heterocycles. The molecule has 35 heavy (non-hydrogen) atoms. The van der Waals surface area contributed by atoms with Crippen LogP contribution in [0.15, 0.2) is 18.2 Å². The maximum absolute atomic E-state index is 12.4. The molecule has 11 heteroatoms. The third kappa shape index (κ3) is 8.13. The van der Waals surface area contributed by atoms with Gasteiger partial charge < -0.3 is 34.5 Å². The van der Waals surface area contributed by atoms with E-state index in [-0.39, 0.29) is 42.9 Å². The molecule has 0 aromatic heterocycles. The van der Waals surface area contributed by atoms with Gasteiger partial charge in [0.05, 0.1) is 6.61 Å². The van der Waals surface area contributed by atoms with Gasteiger partial charge in [-0.2, -0.15) is 0 Å². The molecular formula is C24H33NO10. The second-order valence-corrected chi connectivity index (χ2v) is 8.07. The first-order valence-corrected chi connectivity index (χ1v) is 11.7. The van der Waals surface area contributed by atoms with Crippen LogP contribution >= 0.6 is 0 Å². The number of aromatic carboxylic acids is 1. The van der Waals surface area contributed by atoms with Crippen LogP contribution < -0.4 is 10.5 Å². The van der Waals surface area contributed by atoms with E-state index in [0.717, 1.165) is 0 Å². The monoisotopic (exact) mass is 495 g/mol. The summed E-state index contributed by atoms with van der Waals surface area (Å²) in [4.78, 5) is 48.7. The first kappa shape index (κ1) is 27.9. The Balaban J connectivity index is 2.41. The molecule has 0 bridgehead atoms. The molecule has 0 aliphatic carbocycles. The average Bonchev–Trinajstić information content (AvgIpc) is 2.79. The van der Waals surface area contributed by atoms with E-state index in [1.165, 1.54) is 18.2 Å². The van der Waals surface area contributed by atoms with E-state index in [1.807, 2.05) is 6.92 Å². The highest BCUT2D eigenvalue weighted by Gasteiger charge is 2.49. The summed E-state index contributed by atoms with van der Waals surface area (Å²) in [5.41, 5.74) is 5.67. The summed E-state index contributed by atoms with van der Waals surface area (Å²) in [5.74, 6) is -3.09. The molecule has 194 valence electrons. The molecule has 0 amide bonds. The number of hydrogen-bond acceptors (Lipinski definition) is 10. The van der Waals surface area contributed by atoms with Gasteiger partial charge in [-0.15, -0.1) is 0 Å². The van der Waals surface area contributed by atoms with Crippen molar-refractivity contribution in [1.82, 2.24) is 0 Å². The van der Waals surface area contributed by atoms with Crippen LogP contribution in [-0.2, 0) is 33.3 Å². The Morgan fingerprint density at radius 3 is 2.00 bits per heavy atom. The second kappa shape index (κ2) is 13.5. The summed E-state index contributed by atoms with van der Waals surface area (Å²) in [7, 11) is 0. The van der Waals surface area contributed by atoms with Crippen LogP contribution in [0.25, 0.3) is 0 Å². The fourth-order valence-electron chi connectivity index (χ4n) is 3.42. The Morgan fingerprint density at radius 1 is 0.914 bits per heavy atom. The van der Waals surface area contributed by atoms with Crippen molar-refractivity contribution in [2.75, 3.05) is 12.3 Å². The van der Waals surface area contributed by atoms with Crippen LogP contribution in [-0.4, -0.2) is 60.2 Å². The smallest absolute Gasteiger partial charge is 0.339 e. The summed E-state index contributed by atoms with van der Waals surface area (Å²) >= 11 is 0. The van der Waals surface area contributed by atoms with Crippen molar-refractivity contribution >= 4 is 29.6 Å². The Hall–Kier alpha value is -3.34. The van der Waals surface area contributed by atoms with E-state index < -0.39 is 48.5 Å². The van der Waals surface area contributed by atoms with Crippen molar-refractivity contribution in [1.29, 1.82) is 0 Å². The largest absolute Gasteiger partial charge is 0.478 e. The molecule has 1 heterocycles. The van der Waals surface area contributed by atoms with Crippen molar-refractivity contribution in [3.8, 4) is 5.75 Å². The Kier molecular flexibility index (Phi) is 10.8. The van der Waals surface area contributed by atoms with Crippen LogP contribution in [0.2, 0.25) is 0 Å². The molecule has 0 saturated carbocycles. The first-order chi connectivity index (χ1) is 16.7. The fourth-order valence-corrected chi connectivity index (χ4v) is 3.42. The highest BCUT2D eigenvalue weighted by Crippen LogP contribution is 2.30. The van der Waals surface area contributed by atoms with Gasteiger partial charge in [-0.25, -0.2) is 4.79 Å². The number of anilines is 1. The van der Waals surface area contributed by atoms with E-state index in [4.69, 9.17) is 29.4 Å². The highest BCUT2D eigenvalue weighted by atomic mass is 16.7. The molecule has 1 aromatic rings. The lowest BCUT2D eigenvalue weighted by molar-refractivity contribution is -0.261. The number of nitrogens with two attached hydrogens (primary N) is 1. The standard InChI is InChI=1S/C24H33NO10/c1-4-7-18(26)32-17-13-31-24(33-16-11-10-14(25)12-15(16)23(29)30)22(35-20(28)9-6-3)21(17)34-19(27)8-5-2/h10-12,17,21-22,24H,4-9,13,25H2,1-3H3,(H,29,30)/t17-,21-,22+,24+/m0/s1. The SMILES string of the molecule is CCCC(=O)O[C@@H]1[C@@H](OC(=O)CCC)[C@@H](Oc2ccc(N)cc2C(=O)O)OC[C@@H]1OC(=O)CCC. The Bertz CT molecular complexity index is 902. The van der Waals surface area contributed by atoms with E-state index in [2.05, 4.69) is 0 Å². The van der Waals surface area contributed by atoms with Gasteiger partial charge in [0.1, 0.15) is 11.3 Å². The first-order valence-electron chi connectivity index (χ1n) is 11.7. The van der Waals surface area contributed by atoms with Crippen molar-refractivity contribution in [3.05, 3.63) is 23.8 Å². The van der Waals surface area contributed by atoms with Crippen molar-refractivity contribution in [3.63, 3.8) is 0 Å². The maximum atomic E-state index is 12.4. The van der Waals surface area contributed by atoms with Crippen molar-refractivity contribution < 1.29 is 48.0 Å². The molecule has 0 unspecified atom stereocenters. The number of carboxylic acid groups (broad SMARTS) is 1. The summed E-state index contributed by atoms with van der Waals surface area (Å²) in [6.45, 7) is 5.16. The minimum Gasteiger partial charge on any atom is -0.478 e. The molecule has 11 nitrogen and oxygen atoms in total. The number of nitrogen functional groups attached to an aromatic ring is 1. The molecule has 0 radical (unpaired) electrons. The van der Waals surface area contributed by atoms with Gasteiger partial charge in [0, 0.05) is 24.9 Å². The molecular weight excluding hydrogens is 462 g/mol. The van der Waals surface area contributed by atoms with Crippen LogP contribution in [0, 0.1) is 0 Å². The van der Waals surface area contributed by atoms with Crippen LogP contribution in [0.1, 0.15) is 69.7 Å². The molecule has 3 N–H and O–H groups in total. The molecule has 0 spiro atoms. The van der Waals surface area contributed by atoms with Crippen molar-refractivity contribution in [2.24, 2.45) is 0 Å². The summed E-state index contributed by atoms with van der Waals surface area (Å²) in [6, 6.07) is 4.00. The van der Waals surface area contributed by atoms with Crippen molar-refractivity contribution in [2.45, 2.75) is 83.9 Å². The number of carbonyl (C=O) groups is 4. The third-order valence-electron chi connectivity index (χ3n) is 5.04. The summed E-state index contributed by atoms with van der Waals surface area (Å²) < 4.78 is 28.1. The van der Waals surface area contributed by atoms with Gasteiger partial charge in [0.15, 0.2) is 12.2 Å². The van der Waals surface area contributed by atoms with E-state index in [0.29, 0.717) is 19.3 Å². The molecule has 1 aliphatic rings. The minimum atomic E-state index is -1.35. The van der Waals surface area contributed by atoms with E-state index in [9.17, 15) is 24.3 Å². The number of hydrogen-bond donors (Lipinski definition) is 2. The zero-order chi connectivity index (χ0) is 26.0. The predicted molar refractivity (Wildman–Crippen MR) is 123 cm³/mol. The Morgan fingerprint density at radius 2 is 1.46 bits per heavy atom. The topological polar surface area (TPSA) is 161 Å². The van der Waals surface area contributed by atoms with Gasteiger partial charge in [0.25, 0.3) is 0 Å². The van der Waals surface area contributed by atoms with Gasteiger partial charge in [-0.1, -0.05) is 20.8 Å². The van der Waals surface area contributed by atoms with Gasteiger partial charge in [-0.3, -0.25) is 14.4 Å². The van der Waals surface area contributed by atoms with Gasteiger partial charge in [-0.05, 0) is 37.5 Å². The van der Waals surface area contributed by atoms with Gasteiger partial charge >= 0.3 is 23.9 Å². The lowest BCUT2D eigenvalue weighted by Gasteiger charge is -2.40. The van der Waals surface area contributed by atoms with E-state index >= 15 is 0 Å². The van der Waals surface area contributed by atoms with E-state index in [1.54, 1.807) is 13.8 Å². The quantitative estimate of drug-likeness (QED) is 0.249. The third-order valence-corrected chi connectivity index (χ3v) is 5.04. The van der Waals surface area contributed by atoms with Crippen LogP contribution in [0.5, 0.6) is 5.75 Å². The maximum Gasteiger partial charge on any atom is 0.339 e. The zero-order valence-electron chi connectivity index (χ0n) is 20.2. The second-order valence-electron chi connectivity index (χ2n) is 8.07. The van der Waals surface area contributed by atoms with Crippen LogP contribution in [0.3, 0.4) is 0 Å². The predicted octanol–water partition coefficient (Wildman–Crippen LogP) is 2.84. The number of ether oxygens (including phenoxy) is 5. The molecule has 4 atom stereocenters. The van der Waals surface area contributed by atoms with Gasteiger partial charge in [0.2, 0.25) is 12.4 Å². The number of benzene rings is 1. The summed E-state index contributed by atoms with van der Waals surface area (Å²) in [6.07, 6.45) is -3.11. The number of carbonyl (C=O) groups excluding carboxylic acids is 3. The average molecular weight is 496 g/mol. The molecule has 1 saturated heterocycles. The normalized spacial score (nSPS) is 21.6. The minimum absolute atomic E-state index is 0.0708. The fraction of sp³-hybridized carbons (Fsp3) is 0.583. The molecule has 1 fully saturated rings. The molecule has 2 rings (SSSR count). The highest BCUT2D eigenvalue weighted by molar-refractivity contribution is 5.92. The lowest BCUT2D eigenvalue weighted by Crippen LogP contribution is -2.59. The molecule has 1 aromatic carbocycles. The van der Waals surface area contributed by atoms with Crippen LogP contribution in [0.4, 0.5) is 5.69 Å².